The molecular formula is C44H68O4. The third-order valence-electron chi connectivity index (χ3n) is 10.9. The van der Waals surface area contributed by atoms with Crippen molar-refractivity contribution in [1.29, 1.82) is 0 Å². The molecule has 0 bridgehead atoms. The van der Waals surface area contributed by atoms with Crippen molar-refractivity contribution in [3.63, 3.8) is 0 Å². The minimum Gasteiger partial charge on any atom is -0.508 e. The monoisotopic (exact) mass is 661 g/mol. The SMILES string of the molecule is CCCCCc1cc(O)c(CC[C@@H](C)CCCC(C)C)c(OCCOc2cc(CCCCC)cc3c2[C@@H]2C=C(C)CC[C@H]2C(C)(C)O3)c1. The lowest BCUT2D eigenvalue weighted by Gasteiger charge is -2.46. The van der Waals surface area contributed by atoms with Crippen molar-refractivity contribution in [3.05, 3.63) is 58.2 Å². The molecule has 4 rings (SSSR count). The Bertz CT molecular complexity index is 1320. The summed E-state index contributed by atoms with van der Waals surface area (Å²) in [7, 11) is 0. The Kier molecular flexibility index (Phi) is 14.6. The van der Waals surface area contributed by atoms with Crippen LogP contribution in [0.2, 0.25) is 0 Å². The molecule has 0 aromatic heterocycles. The third kappa shape index (κ3) is 10.7. The van der Waals surface area contributed by atoms with Crippen LogP contribution in [0.1, 0.15) is 161 Å². The van der Waals surface area contributed by atoms with Crippen molar-refractivity contribution in [2.45, 2.75) is 163 Å². The second kappa shape index (κ2) is 18.4. The Morgan fingerprint density at radius 1 is 0.812 bits per heavy atom. The first kappa shape index (κ1) is 38.2. The molecule has 0 amide bonds. The van der Waals surface area contributed by atoms with Crippen molar-refractivity contribution in [1.82, 2.24) is 0 Å². The molecule has 2 aliphatic rings. The van der Waals surface area contributed by atoms with E-state index in [1.54, 1.807) is 0 Å². The average molecular weight is 661 g/mol. The van der Waals surface area contributed by atoms with Crippen LogP contribution in [0, 0.1) is 17.8 Å². The van der Waals surface area contributed by atoms with Crippen molar-refractivity contribution in [3.8, 4) is 23.0 Å². The smallest absolute Gasteiger partial charge is 0.127 e. The zero-order chi connectivity index (χ0) is 34.7. The molecule has 0 radical (unpaired) electrons. The standard InChI is InChI=1S/C44H68O4/c1-9-11-13-18-34-27-39(45)36(22-20-32(5)17-15-16-31(3)4)40(28-34)46-24-25-47-41-29-35(19-14-12-10-2)30-42-43(41)37-26-33(6)21-23-38(37)44(7,8)48-42/h26-32,37-38,45H,9-25H2,1-8H3/t32-,37+,38+/m0/s1. The number of rotatable bonds is 20. The summed E-state index contributed by atoms with van der Waals surface area (Å²) in [5, 5.41) is 11.2. The van der Waals surface area contributed by atoms with Gasteiger partial charge in [0.15, 0.2) is 0 Å². The van der Waals surface area contributed by atoms with Gasteiger partial charge in [-0.15, -0.1) is 0 Å². The quantitative estimate of drug-likeness (QED) is 0.113. The number of hydrogen-bond donors (Lipinski definition) is 1. The van der Waals surface area contributed by atoms with Gasteiger partial charge in [0.05, 0.1) is 0 Å². The van der Waals surface area contributed by atoms with Gasteiger partial charge in [-0.2, -0.15) is 0 Å². The minimum absolute atomic E-state index is 0.218. The largest absolute Gasteiger partial charge is 0.508 e. The number of ether oxygens (including phenoxy) is 3. The number of unbranched alkanes of at least 4 members (excludes halogenated alkanes) is 4. The van der Waals surface area contributed by atoms with Crippen LogP contribution in [0.15, 0.2) is 35.9 Å². The maximum absolute atomic E-state index is 11.2. The van der Waals surface area contributed by atoms with Gasteiger partial charge in [0.25, 0.3) is 0 Å². The summed E-state index contributed by atoms with van der Waals surface area (Å²) in [4.78, 5) is 0. The molecule has 2 aromatic carbocycles. The molecule has 0 fully saturated rings. The molecule has 0 saturated carbocycles. The molecule has 4 nitrogen and oxygen atoms in total. The fraction of sp³-hybridized carbons (Fsp3) is 0.682. The van der Waals surface area contributed by atoms with Crippen LogP contribution in [-0.4, -0.2) is 23.9 Å². The summed E-state index contributed by atoms with van der Waals surface area (Å²) in [6, 6.07) is 8.72. The van der Waals surface area contributed by atoms with E-state index in [2.05, 4.69) is 79.7 Å². The van der Waals surface area contributed by atoms with E-state index in [0.29, 0.717) is 36.7 Å². The second-order valence-electron chi connectivity index (χ2n) is 16.1. The Labute approximate surface area is 294 Å². The Hall–Kier alpha value is -2.62. The summed E-state index contributed by atoms with van der Waals surface area (Å²) >= 11 is 0. The van der Waals surface area contributed by atoms with E-state index in [9.17, 15) is 5.11 Å². The summed E-state index contributed by atoms with van der Waals surface area (Å²) in [5.74, 6) is 5.24. The van der Waals surface area contributed by atoms with E-state index in [4.69, 9.17) is 14.2 Å². The van der Waals surface area contributed by atoms with Crippen LogP contribution in [0.3, 0.4) is 0 Å². The van der Waals surface area contributed by atoms with Crippen molar-refractivity contribution < 1.29 is 19.3 Å². The van der Waals surface area contributed by atoms with Gasteiger partial charge in [-0.1, -0.05) is 91.2 Å². The van der Waals surface area contributed by atoms with Gasteiger partial charge in [0, 0.05) is 23.0 Å². The highest BCUT2D eigenvalue weighted by molar-refractivity contribution is 5.55. The first-order valence-corrected chi connectivity index (χ1v) is 19.7. The van der Waals surface area contributed by atoms with Crippen molar-refractivity contribution in [2.24, 2.45) is 17.8 Å². The average Bonchev–Trinajstić information content (AvgIpc) is 3.02. The number of allylic oxidation sites excluding steroid dienone is 2. The molecule has 48 heavy (non-hydrogen) atoms. The molecule has 3 atom stereocenters. The zero-order valence-electron chi connectivity index (χ0n) is 31.9. The lowest BCUT2D eigenvalue weighted by atomic mass is 9.68. The third-order valence-corrected chi connectivity index (χ3v) is 10.9. The molecule has 4 heteroatoms. The number of fused-ring (bicyclic) bond motifs is 3. The van der Waals surface area contributed by atoms with Crippen LogP contribution >= 0.6 is 0 Å². The van der Waals surface area contributed by atoms with Gasteiger partial charge >= 0.3 is 0 Å². The molecule has 2 aromatic rings. The van der Waals surface area contributed by atoms with Gasteiger partial charge < -0.3 is 19.3 Å². The first-order valence-electron chi connectivity index (χ1n) is 19.7. The summed E-state index contributed by atoms with van der Waals surface area (Å²) in [6.45, 7) is 19.1. The number of aromatic hydroxyl groups is 1. The van der Waals surface area contributed by atoms with Crippen molar-refractivity contribution >= 4 is 0 Å². The van der Waals surface area contributed by atoms with E-state index in [1.165, 1.54) is 68.1 Å². The summed E-state index contributed by atoms with van der Waals surface area (Å²) in [6.07, 6.45) is 19.5. The second-order valence-corrected chi connectivity index (χ2v) is 16.1. The predicted molar refractivity (Wildman–Crippen MR) is 202 cm³/mol. The van der Waals surface area contributed by atoms with E-state index in [-0.39, 0.29) is 5.60 Å². The molecule has 1 heterocycles. The van der Waals surface area contributed by atoms with Crippen LogP contribution in [0.25, 0.3) is 0 Å². The highest BCUT2D eigenvalue weighted by Crippen LogP contribution is 2.53. The Morgan fingerprint density at radius 2 is 1.46 bits per heavy atom. The van der Waals surface area contributed by atoms with Crippen LogP contribution in [0.5, 0.6) is 23.0 Å². The molecule has 0 saturated heterocycles. The van der Waals surface area contributed by atoms with Gasteiger partial charge in [-0.25, -0.2) is 0 Å². The maximum Gasteiger partial charge on any atom is 0.127 e. The van der Waals surface area contributed by atoms with Gasteiger partial charge in [-0.05, 0) is 119 Å². The number of phenols is 1. The van der Waals surface area contributed by atoms with Crippen LogP contribution in [0.4, 0.5) is 0 Å². The van der Waals surface area contributed by atoms with E-state index >= 15 is 0 Å². The molecule has 0 spiro atoms. The van der Waals surface area contributed by atoms with Gasteiger partial charge in [0.2, 0.25) is 0 Å². The molecule has 1 aliphatic carbocycles. The maximum atomic E-state index is 11.2. The predicted octanol–water partition coefficient (Wildman–Crippen LogP) is 12.3. The molecule has 268 valence electrons. The Morgan fingerprint density at radius 3 is 2.12 bits per heavy atom. The molecular weight excluding hydrogens is 592 g/mol. The van der Waals surface area contributed by atoms with Gasteiger partial charge in [0.1, 0.15) is 41.8 Å². The first-order chi connectivity index (χ1) is 23.0. The number of hydrogen-bond acceptors (Lipinski definition) is 4. The summed E-state index contributed by atoms with van der Waals surface area (Å²) < 4.78 is 20.0. The van der Waals surface area contributed by atoms with Crippen LogP contribution in [-0.2, 0) is 19.3 Å². The van der Waals surface area contributed by atoms with Gasteiger partial charge in [-0.3, -0.25) is 0 Å². The highest BCUT2D eigenvalue weighted by atomic mass is 16.5. The van der Waals surface area contributed by atoms with Crippen molar-refractivity contribution in [2.75, 3.05) is 13.2 Å². The molecule has 1 N–H and O–H groups in total. The molecule has 0 unspecified atom stereocenters. The number of phenolic OH excluding ortho intramolecular Hbond substituents is 1. The normalized spacial score (nSPS) is 18.9. The lowest BCUT2D eigenvalue weighted by Crippen LogP contribution is -2.45. The fourth-order valence-corrected chi connectivity index (χ4v) is 7.91. The summed E-state index contributed by atoms with van der Waals surface area (Å²) in [5.41, 5.74) is 5.84. The van der Waals surface area contributed by atoms with E-state index in [1.807, 2.05) is 6.07 Å². The topological polar surface area (TPSA) is 47.9 Å². The minimum atomic E-state index is -0.218. The Balaban J connectivity index is 1.52. The van der Waals surface area contributed by atoms with Crippen LogP contribution < -0.4 is 14.2 Å². The van der Waals surface area contributed by atoms with E-state index in [0.717, 1.165) is 79.2 Å². The highest BCUT2D eigenvalue weighted by Gasteiger charge is 2.45. The fourth-order valence-electron chi connectivity index (χ4n) is 7.91. The molecule has 1 aliphatic heterocycles. The zero-order valence-corrected chi connectivity index (χ0v) is 31.9. The number of aryl methyl sites for hydroxylation is 2. The lowest BCUT2D eigenvalue weighted by molar-refractivity contribution is 0.0103. The number of benzene rings is 2. The van der Waals surface area contributed by atoms with E-state index < -0.39 is 0 Å².